The van der Waals surface area contributed by atoms with Gasteiger partial charge < -0.3 is 0 Å². The molecular formula is C13H22N2O3S2. The van der Waals surface area contributed by atoms with Crippen molar-refractivity contribution in [3.05, 3.63) is 11.1 Å². The molecule has 0 saturated heterocycles. The highest BCUT2D eigenvalue weighted by Crippen LogP contribution is 2.26. The minimum atomic E-state index is -3.16. The Labute approximate surface area is 124 Å². The zero-order valence-electron chi connectivity index (χ0n) is 12.6. The fourth-order valence-electron chi connectivity index (χ4n) is 1.82. The Hall–Kier alpha value is -0.950. The number of hydrogen-bond donors (Lipinski definition) is 0. The van der Waals surface area contributed by atoms with Crippen LogP contribution >= 0.6 is 11.3 Å². The number of thiazole rings is 1. The van der Waals surface area contributed by atoms with E-state index < -0.39 is 15.8 Å². The maximum atomic E-state index is 12.2. The van der Waals surface area contributed by atoms with Gasteiger partial charge in [-0.25, -0.2) is 13.4 Å². The second-order valence-corrected chi connectivity index (χ2v) is 8.28. The van der Waals surface area contributed by atoms with Crippen LogP contribution in [0, 0.1) is 5.92 Å². The number of aromatic nitrogens is 1. The molecule has 0 aliphatic rings. The lowest BCUT2D eigenvalue weighted by Gasteiger charge is -2.18. The van der Waals surface area contributed by atoms with Gasteiger partial charge >= 0.3 is 0 Å². The Kier molecular flexibility index (Phi) is 5.70. The van der Waals surface area contributed by atoms with E-state index in [0.717, 1.165) is 18.4 Å². The Balaban J connectivity index is 2.81. The van der Waals surface area contributed by atoms with E-state index in [9.17, 15) is 13.2 Å². The van der Waals surface area contributed by atoms with Crippen molar-refractivity contribution in [2.24, 2.45) is 5.92 Å². The van der Waals surface area contributed by atoms with E-state index in [1.54, 1.807) is 14.0 Å². The third kappa shape index (κ3) is 4.56. The lowest BCUT2D eigenvalue weighted by atomic mass is 10.1. The van der Waals surface area contributed by atoms with Gasteiger partial charge in [-0.2, -0.15) is 0 Å². The highest BCUT2D eigenvalue weighted by Gasteiger charge is 2.24. The molecule has 0 fully saturated rings. The van der Waals surface area contributed by atoms with E-state index in [4.69, 9.17) is 0 Å². The lowest BCUT2D eigenvalue weighted by Crippen LogP contribution is -2.34. The quantitative estimate of drug-likeness (QED) is 0.807. The molecule has 0 aliphatic carbocycles. The molecule has 5 nitrogen and oxygen atoms in total. The first-order valence-electron chi connectivity index (χ1n) is 6.56. The number of carbonyl (C=O) groups excluding carboxylic acids is 1. The highest BCUT2D eigenvalue weighted by atomic mass is 32.2. The second kappa shape index (κ2) is 6.67. The number of carbonyl (C=O) groups is 1. The van der Waals surface area contributed by atoms with Crippen molar-refractivity contribution in [3.63, 3.8) is 0 Å². The van der Waals surface area contributed by atoms with Crippen molar-refractivity contribution >= 4 is 32.2 Å². The molecule has 1 aromatic heterocycles. The summed E-state index contributed by atoms with van der Waals surface area (Å²) in [7, 11) is -1.52. The van der Waals surface area contributed by atoms with E-state index >= 15 is 0 Å². The van der Waals surface area contributed by atoms with Crippen LogP contribution in [0.5, 0.6) is 0 Å². The maximum absolute atomic E-state index is 12.2. The fourth-order valence-corrected chi connectivity index (χ4v) is 3.78. The number of anilines is 1. The smallest absolute Gasteiger partial charge is 0.232 e. The van der Waals surface area contributed by atoms with Crippen LogP contribution in [0.1, 0.15) is 38.8 Å². The van der Waals surface area contributed by atoms with Gasteiger partial charge in [0.05, 0.1) is 11.4 Å². The van der Waals surface area contributed by atoms with E-state index in [1.165, 1.54) is 16.2 Å². The van der Waals surface area contributed by atoms with Crippen molar-refractivity contribution in [1.82, 2.24) is 4.98 Å². The molecule has 1 rings (SSSR count). The third-order valence-electron chi connectivity index (χ3n) is 3.22. The van der Waals surface area contributed by atoms with Gasteiger partial charge in [-0.1, -0.05) is 20.8 Å². The van der Waals surface area contributed by atoms with Crippen molar-refractivity contribution in [2.75, 3.05) is 24.0 Å². The van der Waals surface area contributed by atoms with Gasteiger partial charge in [0, 0.05) is 24.6 Å². The van der Waals surface area contributed by atoms with E-state index in [2.05, 4.69) is 18.8 Å². The highest BCUT2D eigenvalue weighted by molar-refractivity contribution is 7.90. The average molecular weight is 318 g/mol. The molecule has 0 spiro atoms. The van der Waals surface area contributed by atoms with Crippen LogP contribution in [-0.4, -0.2) is 38.4 Å². The van der Waals surface area contributed by atoms with Gasteiger partial charge in [0.2, 0.25) is 5.91 Å². The summed E-state index contributed by atoms with van der Waals surface area (Å²) in [6, 6.07) is 0. The molecule has 1 heterocycles. The van der Waals surface area contributed by atoms with Gasteiger partial charge in [-0.05, 0) is 12.3 Å². The Morgan fingerprint density at radius 3 is 2.55 bits per heavy atom. The van der Waals surface area contributed by atoms with Crippen LogP contribution in [0.4, 0.5) is 5.13 Å². The molecule has 0 N–H and O–H groups in total. The lowest BCUT2D eigenvalue weighted by molar-refractivity contribution is -0.121. The molecule has 0 radical (unpaired) electrons. The van der Waals surface area contributed by atoms with Crippen molar-refractivity contribution < 1.29 is 13.2 Å². The molecular weight excluding hydrogens is 296 g/mol. The molecule has 1 amide bonds. The Bertz CT molecular complexity index is 566. The summed E-state index contributed by atoms with van der Waals surface area (Å²) < 4.78 is 22.5. The number of amides is 1. The minimum absolute atomic E-state index is 0.139. The molecule has 114 valence electrons. The maximum Gasteiger partial charge on any atom is 0.232 e. The van der Waals surface area contributed by atoms with Crippen molar-refractivity contribution in [2.45, 2.75) is 33.1 Å². The zero-order valence-corrected chi connectivity index (χ0v) is 14.2. The molecule has 0 bridgehead atoms. The van der Waals surface area contributed by atoms with Gasteiger partial charge in [0.25, 0.3) is 0 Å². The standard InChI is InChI=1S/C13H22N2O3S2/c1-6-9(2)11-7-19-13(14-11)15(4)12(16)10(3)8-20(5,17)18/h7,9-10H,6,8H2,1-5H3/t9-,10+/m1/s1. The molecule has 1 aromatic rings. The summed E-state index contributed by atoms with van der Waals surface area (Å²) in [5.74, 6) is -0.567. The van der Waals surface area contributed by atoms with Crippen LogP contribution in [0.2, 0.25) is 0 Å². The van der Waals surface area contributed by atoms with E-state index in [0.29, 0.717) is 11.0 Å². The number of nitrogens with zero attached hydrogens (tertiary/aromatic N) is 2. The van der Waals surface area contributed by atoms with Gasteiger partial charge in [-0.3, -0.25) is 9.69 Å². The molecule has 0 unspecified atom stereocenters. The predicted octanol–water partition coefficient (Wildman–Crippen LogP) is 2.30. The van der Waals surface area contributed by atoms with Crippen LogP contribution in [0.25, 0.3) is 0 Å². The topological polar surface area (TPSA) is 67.3 Å². The fraction of sp³-hybridized carbons (Fsp3) is 0.692. The van der Waals surface area contributed by atoms with Crippen LogP contribution in [-0.2, 0) is 14.6 Å². The molecule has 0 aliphatic heterocycles. The summed E-state index contributed by atoms with van der Waals surface area (Å²) in [4.78, 5) is 18.1. The largest absolute Gasteiger partial charge is 0.291 e. The SMILES string of the molecule is CC[C@@H](C)c1csc(N(C)C(=O)[C@@H](C)CS(C)(=O)=O)n1. The number of sulfone groups is 1. The van der Waals surface area contributed by atoms with Crippen LogP contribution in [0.3, 0.4) is 0 Å². The van der Waals surface area contributed by atoms with Gasteiger partial charge in [0.1, 0.15) is 9.84 Å². The summed E-state index contributed by atoms with van der Waals surface area (Å²) in [6.07, 6.45) is 2.13. The summed E-state index contributed by atoms with van der Waals surface area (Å²) in [6.45, 7) is 5.81. The first-order valence-corrected chi connectivity index (χ1v) is 9.50. The van der Waals surface area contributed by atoms with E-state index in [1.807, 2.05) is 5.38 Å². The zero-order chi connectivity index (χ0) is 15.5. The molecule has 7 heteroatoms. The second-order valence-electron chi connectivity index (χ2n) is 5.25. The summed E-state index contributed by atoms with van der Waals surface area (Å²) in [5.41, 5.74) is 0.975. The molecule has 0 aromatic carbocycles. The minimum Gasteiger partial charge on any atom is -0.291 e. The molecule has 0 saturated carbocycles. The van der Waals surface area contributed by atoms with Gasteiger partial charge in [0.15, 0.2) is 5.13 Å². The Morgan fingerprint density at radius 1 is 1.45 bits per heavy atom. The van der Waals surface area contributed by atoms with Gasteiger partial charge in [-0.15, -0.1) is 11.3 Å². The predicted molar refractivity (Wildman–Crippen MR) is 83.1 cm³/mol. The first-order chi connectivity index (χ1) is 9.15. The normalized spacial score (nSPS) is 14.8. The van der Waals surface area contributed by atoms with Crippen molar-refractivity contribution in [3.8, 4) is 0 Å². The number of hydrogen-bond acceptors (Lipinski definition) is 5. The Morgan fingerprint density at radius 2 is 2.05 bits per heavy atom. The third-order valence-corrected chi connectivity index (χ3v) is 5.26. The summed E-state index contributed by atoms with van der Waals surface area (Å²) >= 11 is 1.41. The average Bonchev–Trinajstić information content (AvgIpc) is 2.83. The number of rotatable bonds is 6. The van der Waals surface area contributed by atoms with Crippen LogP contribution in [0.15, 0.2) is 5.38 Å². The summed E-state index contributed by atoms with van der Waals surface area (Å²) in [5, 5.41) is 2.57. The first kappa shape index (κ1) is 17.1. The molecule has 2 atom stereocenters. The monoisotopic (exact) mass is 318 g/mol. The van der Waals surface area contributed by atoms with E-state index in [-0.39, 0.29) is 11.7 Å². The van der Waals surface area contributed by atoms with Crippen LogP contribution < -0.4 is 4.90 Å². The van der Waals surface area contributed by atoms with Crippen molar-refractivity contribution in [1.29, 1.82) is 0 Å². The molecule has 20 heavy (non-hydrogen) atoms.